The van der Waals surface area contributed by atoms with Crippen LogP contribution in [0.5, 0.6) is 5.75 Å². The molecule has 1 saturated heterocycles. The van der Waals surface area contributed by atoms with Gasteiger partial charge in [-0.05, 0) is 36.6 Å². The second-order valence-corrected chi connectivity index (χ2v) is 6.16. The second kappa shape index (κ2) is 7.34. The van der Waals surface area contributed by atoms with E-state index in [0.717, 1.165) is 16.9 Å². The summed E-state index contributed by atoms with van der Waals surface area (Å²) in [7, 11) is 1.62. The van der Waals surface area contributed by atoms with Crippen molar-refractivity contribution in [2.75, 3.05) is 20.2 Å². The van der Waals surface area contributed by atoms with Gasteiger partial charge in [0.25, 0.3) is 5.91 Å². The molecular weight excluding hydrogens is 318 g/mol. The number of nitrogens with two attached hydrogens (primary N) is 1. The number of carbonyl (C=O) groups excluding carboxylic acids is 2. The van der Waals surface area contributed by atoms with Crippen LogP contribution in [0.1, 0.15) is 23.2 Å². The molecule has 1 fully saturated rings. The fourth-order valence-electron chi connectivity index (χ4n) is 3.05. The van der Waals surface area contributed by atoms with Crippen molar-refractivity contribution in [2.24, 2.45) is 11.7 Å². The Morgan fingerprint density at radius 1 is 1.12 bits per heavy atom. The Morgan fingerprint density at radius 3 is 2.40 bits per heavy atom. The third kappa shape index (κ3) is 3.79. The Hall–Kier alpha value is -2.89. The summed E-state index contributed by atoms with van der Waals surface area (Å²) in [6.45, 7) is 1.08. The van der Waals surface area contributed by atoms with Crippen molar-refractivity contribution < 1.29 is 14.3 Å². The molecule has 1 aromatic carbocycles. The van der Waals surface area contributed by atoms with Crippen LogP contribution in [0.15, 0.2) is 42.7 Å². The molecular formula is C19H21N3O3. The predicted octanol–water partition coefficient (Wildman–Crippen LogP) is 2.09. The standard InChI is InChI=1S/C19H21N3O3/c1-25-17-4-2-13(3-5-17)15-10-16(12-21-11-15)19(24)22-8-6-14(7-9-22)18(20)23/h2-5,10-12,14H,6-9H2,1H3,(H2,20,23). The van der Waals surface area contributed by atoms with Crippen molar-refractivity contribution in [3.8, 4) is 16.9 Å². The highest BCUT2D eigenvalue weighted by atomic mass is 16.5. The van der Waals surface area contributed by atoms with Crippen LogP contribution in [0, 0.1) is 5.92 Å². The molecule has 2 N–H and O–H groups in total. The molecule has 0 saturated carbocycles. The van der Waals surface area contributed by atoms with E-state index in [1.807, 2.05) is 30.3 Å². The number of hydrogen-bond acceptors (Lipinski definition) is 4. The zero-order chi connectivity index (χ0) is 17.8. The fourth-order valence-corrected chi connectivity index (χ4v) is 3.05. The molecule has 3 rings (SSSR count). The number of carbonyl (C=O) groups is 2. The van der Waals surface area contributed by atoms with Crippen LogP contribution < -0.4 is 10.5 Å². The normalized spacial score (nSPS) is 15.0. The lowest BCUT2D eigenvalue weighted by Gasteiger charge is -2.30. The van der Waals surface area contributed by atoms with E-state index in [1.165, 1.54) is 0 Å². The Bertz CT molecular complexity index is 766. The van der Waals surface area contributed by atoms with Crippen molar-refractivity contribution in [3.63, 3.8) is 0 Å². The molecule has 0 unspecified atom stereocenters. The maximum Gasteiger partial charge on any atom is 0.255 e. The maximum atomic E-state index is 12.7. The van der Waals surface area contributed by atoms with Crippen LogP contribution in [-0.4, -0.2) is 41.9 Å². The van der Waals surface area contributed by atoms with Gasteiger partial charge < -0.3 is 15.4 Å². The van der Waals surface area contributed by atoms with E-state index >= 15 is 0 Å². The Morgan fingerprint density at radius 2 is 1.80 bits per heavy atom. The van der Waals surface area contributed by atoms with E-state index in [-0.39, 0.29) is 17.7 Å². The quantitative estimate of drug-likeness (QED) is 0.924. The zero-order valence-electron chi connectivity index (χ0n) is 14.1. The molecule has 0 spiro atoms. The van der Waals surface area contributed by atoms with E-state index in [0.29, 0.717) is 31.5 Å². The van der Waals surface area contributed by atoms with Gasteiger partial charge in [-0.15, -0.1) is 0 Å². The number of nitrogens with zero attached hydrogens (tertiary/aromatic N) is 2. The molecule has 0 radical (unpaired) electrons. The van der Waals surface area contributed by atoms with Gasteiger partial charge in [0.1, 0.15) is 5.75 Å². The fraction of sp³-hybridized carbons (Fsp3) is 0.316. The van der Waals surface area contributed by atoms with Gasteiger partial charge in [0.15, 0.2) is 0 Å². The average molecular weight is 339 g/mol. The van der Waals surface area contributed by atoms with Gasteiger partial charge in [-0.1, -0.05) is 12.1 Å². The number of rotatable bonds is 4. The Balaban J connectivity index is 1.74. The lowest BCUT2D eigenvalue weighted by Crippen LogP contribution is -2.41. The van der Waals surface area contributed by atoms with E-state index in [1.54, 1.807) is 24.4 Å². The Kier molecular flexibility index (Phi) is 4.97. The van der Waals surface area contributed by atoms with Crippen LogP contribution in [0.4, 0.5) is 0 Å². The highest BCUT2D eigenvalue weighted by molar-refractivity contribution is 5.95. The first-order valence-corrected chi connectivity index (χ1v) is 8.26. The number of methoxy groups -OCH3 is 1. The van der Waals surface area contributed by atoms with Crippen molar-refractivity contribution in [2.45, 2.75) is 12.8 Å². The molecule has 1 aromatic heterocycles. The number of hydrogen-bond donors (Lipinski definition) is 1. The first-order valence-electron chi connectivity index (χ1n) is 8.26. The number of benzene rings is 1. The minimum Gasteiger partial charge on any atom is -0.497 e. The summed E-state index contributed by atoms with van der Waals surface area (Å²) >= 11 is 0. The number of primary amides is 1. The third-order valence-corrected chi connectivity index (χ3v) is 4.59. The van der Waals surface area contributed by atoms with Crippen LogP contribution in [0.2, 0.25) is 0 Å². The molecule has 6 nitrogen and oxygen atoms in total. The summed E-state index contributed by atoms with van der Waals surface area (Å²) < 4.78 is 5.16. The molecule has 2 aromatic rings. The monoisotopic (exact) mass is 339 g/mol. The minimum atomic E-state index is -0.282. The zero-order valence-corrected chi connectivity index (χ0v) is 14.1. The Labute approximate surface area is 146 Å². The molecule has 0 atom stereocenters. The second-order valence-electron chi connectivity index (χ2n) is 6.16. The van der Waals surface area contributed by atoms with Gasteiger partial charge in [0, 0.05) is 37.0 Å². The van der Waals surface area contributed by atoms with Crippen LogP contribution in [0.3, 0.4) is 0 Å². The van der Waals surface area contributed by atoms with E-state index < -0.39 is 0 Å². The van der Waals surface area contributed by atoms with Crippen molar-refractivity contribution in [3.05, 3.63) is 48.3 Å². The smallest absolute Gasteiger partial charge is 0.255 e. The van der Waals surface area contributed by atoms with Crippen LogP contribution in [0.25, 0.3) is 11.1 Å². The van der Waals surface area contributed by atoms with Crippen LogP contribution in [-0.2, 0) is 4.79 Å². The van der Waals surface area contributed by atoms with Crippen LogP contribution >= 0.6 is 0 Å². The molecule has 130 valence electrons. The molecule has 1 aliphatic rings. The summed E-state index contributed by atoms with van der Waals surface area (Å²) in [6, 6.07) is 9.46. The molecule has 0 aliphatic carbocycles. The SMILES string of the molecule is COc1ccc(-c2cncc(C(=O)N3CCC(C(N)=O)CC3)c2)cc1. The lowest BCUT2D eigenvalue weighted by molar-refractivity contribution is -0.123. The van der Waals surface area contributed by atoms with E-state index in [9.17, 15) is 9.59 Å². The minimum absolute atomic E-state index is 0.0641. The van der Waals surface area contributed by atoms with Gasteiger partial charge >= 0.3 is 0 Å². The topological polar surface area (TPSA) is 85.5 Å². The summed E-state index contributed by atoms with van der Waals surface area (Å²) in [4.78, 5) is 29.9. The molecule has 0 bridgehead atoms. The molecule has 2 heterocycles. The van der Waals surface area contributed by atoms with Gasteiger partial charge in [0.2, 0.25) is 5.91 Å². The number of likely N-dealkylation sites (tertiary alicyclic amines) is 1. The molecule has 25 heavy (non-hydrogen) atoms. The number of pyridine rings is 1. The van der Waals surface area contributed by atoms with Gasteiger partial charge in [0.05, 0.1) is 12.7 Å². The summed E-state index contributed by atoms with van der Waals surface area (Å²) in [5.41, 5.74) is 7.73. The largest absolute Gasteiger partial charge is 0.497 e. The lowest BCUT2D eigenvalue weighted by atomic mass is 9.96. The van der Waals surface area contributed by atoms with E-state index in [4.69, 9.17) is 10.5 Å². The van der Waals surface area contributed by atoms with E-state index in [2.05, 4.69) is 4.98 Å². The summed E-state index contributed by atoms with van der Waals surface area (Å²) in [6.07, 6.45) is 4.55. The van der Waals surface area contributed by atoms with Gasteiger partial charge in [-0.2, -0.15) is 0 Å². The number of amides is 2. The molecule has 6 heteroatoms. The number of aromatic nitrogens is 1. The number of ether oxygens (including phenoxy) is 1. The highest BCUT2D eigenvalue weighted by Gasteiger charge is 2.26. The highest BCUT2D eigenvalue weighted by Crippen LogP contribution is 2.24. The van der Waals surface area contributed by atoms with Gasteiger partial charge in [-0.3, -0.25) is 14.6 Å². The van der Waals surface area contributed by atoms with Crippen molar-refractivity contribution in [1.29, 1.82) is 0 Å². The molecule has 1 aliphatic heterocycles. The summed E-state index contributed by atoms with van der Waals surface area (Å²) in [5, 5.41) is 0. The van der Waals surface area contributed by atoms with Crippen molar-refractivity contribution >= 4 is 11.8 Å². The third-order valence-electron chi connectivity index (χ3n) is 4.59. The first kappa shape index (κ1) is 17.0. The summed E-state index contributed by atoms with van der Waals surface area (Å²) in [5.74, 6) is 0.301. The first-order chi connectivity index (χ1) is 12.1. The molecule has 2 amide bonds. The average Bonchev–Trinajstić information content (AvgIpc) is 2.67. The maximum absolute atomic E-state index is 12.7. The predicted molar refractivity (Wildman–Crippen MR) is 94.0 cm³/mol. The number of piperidine rings is 1. The van der Waals surface area contributed by atoms with Crippen molar-refractivity contribution in [1.82, 2.24) is 9.88 Å². The van der Waals surface area contributed by atoms with Gasteiger partial charge in [-0.25, -0.2) is 0 Å².